The molecule has 6 rings (SSSR count). The maximum Gasteiger partial charge on any atom is 0.247 e. The Morgan fingerprint density at radius 2 is 1.87 bits per heavy atom. The minimum atomic E-state index is -0.279. The lowest BCUT2D eigenvalue weighted by molar-refractivity contribution is -0.111. The number of aromatic nitrogens is 3. The summed E-state index contributed by atoms with van der Waals surface area (Å²) in [6.45, 7) is 7.70. The number of ether oxygens (including phenoxy) is 1. The number of H-pyrrole nitrogens is 1. The summed E-state index contributed by atoms with van der Waals surface area (Å²) in [5, 5.41) is 7.00. The van der Waals surface area contributed by atoms with Crippen molar-refractivity contribution in [3.63, 3.8) is 0 Å². The van der Waals surface area contributed by atoms with Crippen LogP contribution >= 0.6 is 0 Å². The molecule has 2 fully saturated rings. The Kier molecular flexibility index (Phi) is 6.43. The third-order valence-electron chi connectivity index (χ3n) is 7.04. The molecule has 0 radical (unpaired) electrons. The first-order valence-corrected chi connectivity index (χ1v) is 13.0. The normalized spacial score (nSPS) is 15.9. The third kappa shape index (κ3) is 5.19. The standard InChI is InChI=1S/C29H31N7O2/c1-3-25(37)31-21-5-4-6-23(17-21)38-28-26-24(19-7-8-19)18-30-27(26)33-29(34-28)32-20-9-11-22(12-10-20)36-15-13-35(2)14-16-36/h3-6,9-12,17-19H,1,7-8,13-16H2,2H3,(H,31,37)(H2,30,32,33,34). The Balaban J connectivity index is 1.27. The second kappa shape index (κ2) is 10.2. The van der Waals surface area contributed by atoms with Gasteiger partial charge in [0.1, 0.15) is 11.4 Å². The van der Waals surface area contributed by atoms with Crippen molar-refractivity contribution in [2.75, 3.05) is 48.8 Å². The molecule has 9 heteroatoms. The third-order valence-corrected chi connectivity index (χ3v) is 7.04. The largest absolute Gasteiger partial charge is 0.438 e. The van der Waals surface area contributed by atoms with Gasteiger partial charge in [0.15, 0.2) is 0 Å². The maximum atomic E-state index is 11.8. The highest BCUT2D eigenvalue weighted by molar-refractivity contribution is 5.99. The SMILES string of the molecule is C=CC(=O)Nc1cccc(Oc2nc(Nc3ccc(N4CCN(C)CC4)cc3)nc3[nH]cc(C4CC4)c23)c1. The van der Waals surface area contributed by atoms with Gasteiger partial charge in [-0.3, -0.25) is 4.79 Å². The van der Waals surface area contributed by atoms with Crippen molar-refractivity contribution < 1.29 is 9.53 Å². The highest BCUT2D eigenvalue weighted by Gasteiger charge is 2.29. The molecule has 4 aromatic rings. The molecule has 2 aliphatic rings. The van der Waals surface area contributed by atoms with Crippen LogP contribution in [0.4, 0.5) is 23.0 Å². The molecule has 1 saturated heterocycles. The summed E-state index contributed by atoms with van der Waals surface area (Å²) in [7, 11) is 2.16. The van der Waals surface area contributed by atoms with Gasteiger partial charge in [0, 0.05) is 55.5 Å². The van der Waals surface area contributed by atoms with Crippen LogP contribution in [0.5, 0.6) is 11.6 Å². The van der Waals surface area contributed by atoms with E-state index in [1.165, 1.54) is 17.3 Å². The van der Waals surface area contributed by atoms with Gasteiger partial charge in [-0.2, -0.15) is 9.97 Å². The molecule has 194 valence electrons. The average Bonchev–Trinajstić information content (AvgIpc) is 3.68. The Morgan fingerprint density at radius 1 is 1.08 bits per heavy atom. The van der Waals surface area contributed by atoms with E-state index in [0.717, 1.165) is 55.7 Å². The van der Waals surface area contributed by atoms with Gasteiger partial charge < -0.3 is 30.2 Å². The smallest absolute Gasteiger partial charge is 0.247 e. The molecular weight excluding hydrogens is 478 g/mol. The van der Waals surface area contributed by atoms with E-state index >= 15 is 0 Å². The van der Waals surface area contributed by atoms with Crippen molar-refractivity contribution in [1.82, 2.24) is 19.9 Å². The Morgan fingerprint density at radius 3 is 2.61 bits per heavy atom. The van der Waals surface area contributed by atoms with Crippen LogP contribution in [0.1, 0.15) is 24.3 Å². The summed E-state index contributed by atoms with van der Waals surface area (Å²) < 4.78 is 6.31. The second-order valence-corrected chi connectivity index (χ2v) is 9.88. The summed E-state index contributed by atoms with van der Waals surface area (Å²) in [6, 6.07) is 15.6. The monoisotopic (exact) mass is 509 g/mol. The number of hydrogen-bond acceptors (Lipinski definition) is 7. The summed E-state index contributed by atoms with van der Waals surface area (Å²) in [5.41, 5.74) is 4.63. The second-order valence-electron chi connectivity index (χ2n) is 9.88. The summed E-state index contributed by atoms with van der Waals surface area (Å²) >= 11 is 0. The molecule has 0 bridgehead atoms. The van der Waals surface area contributed by atoms with Crippen LogP contribution in [0.2, 0.25) is 0 Å². The molecule has 2 aromatic heterocycles. The topological polar surface area (TPSA) is 98.4 Å². The number of benzene rings is 2. The Labute approximate surface area is 221 Å². The number of piperazine rings is 1. The van der Waals surface area contributed by atoms with Gasteiger partial charge in [0.2, 0.25) is 17.7 Å². The van der Waals surface area contributed by atoms with E-state index in [2.05, 4.69) is 63.3 Å². The van der Waals surface area contributed by atoms with Crippen molar-refractivity contribution in [3.05, 3.63) is 72.9 Å². The van der Waals surface area contributed by atoms with E-state index in [4.69, 9.17) is 14.7 Å². The predicted molar refractivity (Wildman–Crippen MR) is 151 cm³/mol. The lowest BCUT2D eigenvalue weighted by atomic mass is 10.1. The van der Waals surface area contributed by atoms with E-state index in [0.29, 0.717) is 29.2 Å². The first kappa shape index (κ1) is 24.0. The molecule has 2 aromatic carbocycles. The molecule has 0 atom stereocenters. The molecule has 3 heterocycles. The van der Waals surface area contributed by atoms with Crippen LogP contribution in [-0.4, -0.2) is 59.0 Å². The quantitative estimate of drug-likeness (QED) is 0.279. The summed E-state index contributed by atoms with van der Waals surface area (Å²) in [6.07, 6.45) is 5.54. The van der Waals surface area contributed by atoms with Gasteiger partial charge in [0.05, 0.1) is 5.39 Å². The first-order chi connectivity index (χ1) is 18.6. The van der Waals surface area contributed by atoms with Crippen molar-refractivity contribution in [1.29, 1.82) is 0 Å². The van der Waals surface area contributed by atoms with Crippen molar-refractivity contribution in [2.24, 2.45) is 0 Å². The minimum absolute atomic E-state index is 0.279. The van der Waals surface area contributed by atoms with Crippen LogP contribution in [0.25, 0.3) is 11.0 Å². The van der Waals surface area contributed by atoms with Gasteiger partial charge in [-0.1, -0.05) is 12.6 Å². The van der Waals surface area contributed by atoms with Crippen molar-refractivity contribution >= 4 is 40.0 Å². The molecule has 3 N–H and O–H groups in total. The number of carbonyl (C=O) groups is 1. The Hall–Kier alpha value is -4.37. The molecule has 1 amide bonds. The molecule has 38 heavy (non-hydrogen) atoms. The number of anilines is 4. The number of amides is 1. The summed E-state index contributed by atoms with van der Waals surface area (Å²) in [4.78, 5) is 29.3. The zero-order valence-corrected chi connectivity index (χ0v) is 21.4. The molecule has 9 nitrogen and oxygen atoms in total. The van der Waals surface area contributed by atoms with Gasteiger partial charge in [0.25, 0.3) is 0 Å². The number of likely N-dealkylation sites (N-methyl/N-ethyl adjacent to an activating group) is 1. The molecule has 0 spiro atoms. The van der Waals surface area contributed by atoms with Gasteiger partial charge >= 0.3 is 0 Å². The fourth-order valence-corrected chi connectivity index (χ4v) is 4.76. The van der Waals surface area contributed by atoms with Crippen LogP contribution < -0.4 is 20.3 Å². The van der Waals surface area contributed by atoms with Gasteiger partial charge in [-0.05, 0) is 73.8 Å². The molecule has 1 aliphatic carbocycles. The lowest BCUT2D eigenvalue weighted by Gasteiger charge is -2.34. The van der Waals surface area contributed by atoms with E-state index in [-0.39, 0.29) is 5.91 Å². The van der Waals surface area contributed by atoms with E-state index in [1.54, 1.807) is 12.1 Å². The zero-order valence-electron chi connectivity index (χ0n) is 21.4. The fraction of sp³-hybridized carbons (Fsp3) is 0.276. The Bertz CT molecular complexity index is 1470. The lowest BCUT2D eigenvalue weighted by Crippen LogP contribution is -2.44. The highest BCUT2D eigenvalue weighted by Crippen LogP contribution is 2.45. The summed E-state index contributed by atoms with van der Waals surface area (Å²) in [5.74, 6) is 1.70. The van der Waals surface area contributed by atoms with E-state index in [9.17, 15) is 4.79 Å². The number of rotatable bonds is 8. The van der Waals surface area contributed by atoms with Gasteiger partial charge in [-0.15, -0.1) is 0 Å². The van der Waals surface area contributed by atoms with Crippen LogP contribution in [0.3, 0.4) is 0 Å². The number of hydrogen-bond donors (Lipinski definition) is 3. The van der Waals surface area contributed by atoms with Gasteiger partial charge in [-0.25, -0.2) is 0 Å². The molecule has 0 unspecified atom stereocenters. The number of carbonyl (C=O) groups excluding carboxylic acids is 1. The van der Waals surface area contributed by atoms with Crippen molar-refractivity contribution in [3.8, 4) is 11.6 Å². The fourth-order valence-electron chi connectivity index (χ4n) is 4.76. The highest BCUT2D eigenvalue weighted by atomic mass is 16.5. The maximum absolute atomic E-state index is 11.8. The van der Waals surface area contributed by atoms with Crippen LogP contribution in [0.15, 0.2) is 67.4 Å². The predicted octanol–water partition coefficient (Wildman–Crippen LogP) is 5.25. The molecule has 1 saturated carbocycles. The number of fused-ring (bicyclic) bond motifs is 1. The van der Waals surface area contributed by atoms with Crippen LogP contribution in [-0.2, 0) is 4.79 Å². The zero-order chi connectivity index (χ0) is 26.1. The molecular formula is C29H31N7O2. The van der Waals surface area contributed by atoms with Crippen LogP contribution in [0, 0.1) is 0 Å². The first-order valence-electron chi connectivity index (χ1n) is 13.0. The van der Waals surface area contributed by atoms with E-state index in [1.807, 2.05) is 18.3 Å². The molecule has 1 aliphatic heterocycles. The number of aromatic amines is 1. The number of nitrogens with zero attached hydrogens (tertiary/aromatic N) is 4. The minimum Gasteiger partial charge on any atom is -0.438 e. The average molecular weight is 510 g/mol. The van der Waals surface area contributed by atoms with Crippen molar-refractivity contribution in [2.45, 2.75) is 18.8 Å². The number of nitrogens with one attached hydrogen (secondary N) is 3. The van der Waals surface area contributed by atoms with E-state index < -0.39 is 0 Å².